The maximum Gasteiger partial charge on any atom is 0.253 e. The highest BCUT2D eigenvalue weighted by atomic mass is 79.9. The molecule has 1 aromatic rings. The van der Waals surface area contributed by atoms with Crippen molar-refractivity contribution in [2.75, 3.05) is 0 Å². The highest BCUT2D eigenvalue weighted by Crippen LogP contribution is 2.08. The smallest absolute Gasteiger partial charge is 0.253 e. The molecule has 0 fully saturated rings. The lowest BCUT2D eigenvalue weighted by Crippen LogP contribution is -2.21. The SMILES string of the molecule is CCCCCn1cc(Br)cc(C)c1=O. The number of hydrogen-bond donors (Lipinski definition) is 0. The normalized spacial score (nSPS) is 10.5. The lowest BCUT2D eigenvalue weighted by Gasteiger charge is -2.06. The Balaban J connectivity index is 2.81. The van der Waals surface area contributed by atoms with Crippen molar-refractivity contribution in [1.29, 1.82) is 0 Å². The predicted octanol–water partition coefficient (Wildman–Crippen LogP) is 3.11. The van der Waals surface area contributed by atoms with Crippen molar-refractivity contribution >= 4 is 15.9 Å². The van der Waals surface area contributed by atoms with Crippen molar-refractivity contribution in [3.05, 3.63) is 32.7 Å². The molecule has 0 aliphatic rings. The van der Waals surface area contributed by atoms with Gasteiger partial charge in [-0.3, -0.25) is 4.79 Å². The van der Waals surface area contributed by atoms with E-state index in [9.17, 15) is 4.79 Å². The number of halogens is 1. The Hall–Kier alpha value is -0.570. The quantitative estimate of drug-likeness (QED) is 0.760. The molecule has 0 radical (unpaired) electrons. The molecule has 1 aromatic heterocycles. The molecule has 0 spiro atoms. The van der Waals surface area contributed by atoms with Gasteiger partial charge in [0.25, 0.3) is 5.56 Å². The van der Waals surface area contributed by atoms with Crippen LogP contribution in [0.25, 0.3) is 0 Å². The summed E-state index contributed by atoms with van der Waals surface area (Å²) in [5.41, 5.74) is 0.931. The van der Waals surface area contributed by atoms with Gasteiger partial charge in [0.05, 0.1) is 0 Å². The average Bonchev–Trinajstić information content (AvgIpc) is 2.13. The van der Waals surface area contributed by atoms with Crippen LogP contribution in [0.15, 0.2) is 21.5 Å². The summed E-state index contributed by atoms with van der Waals surface area (Å²) in [6.45, 7) is 4.84. The van der Waals surface area contributed by atoms with E-state index in [0.29, 0.717) is 0 Å². The summed E-state index contributed by atoms with van der Waals surface area (Å²) in [7, 11) is 0. The van der Waals surface area contributed by atoms with E-state index in [4.69, 9.17) is 0 Å². The summed E-state index contributed by atoms with van der Waals surface area (Å²) in [5.74, 6) is 0. The summed E-state index contributed by atoms with van der Waals surface area (Å²) in [6.07, 6.45) is 5.30. The van der Waals surface area contributed by atoms with E-state index >= 15 is 0 Å². The van der Waals surface area contributed by atoms with E-state index in [1.54, 1.807) is 4.57 Å². The van der Waals surface area contributed by atoms with E-state index in [1.807, 2.05) is 19.2 Å². The van der Waals surface area contributed by atoms with Gasteiger partial charge < -0.3 is 4.57 Å². The van der Waals surface area contributed by atoms with E-state index in [0.717, 1.165) is 23.0 Å². The standard InChI is InChI=1S/C11H16BrNO/c1-3-4-5-6-13-8-10(12)7-9(2)11(13)14/h7-8H,3-6H2,1-2H3. The predicted molar refractivity (Wildman–Crippen MR) is 62.7 cm³/mol. The minimum atomic E-state index is 0.129. The molecular weight excluding hydrogens is 242 g/mol. The lowest BCUT2D eigenvalue weighted by molar-refractivity contribution is 0.584. The highest BCUT2D eigenvalue weighted by molar-refractivity contribution is 9.10. The molecule has 78 valence electrons. The average molecular weight is 258 g/mol. The van der Waals surface area contributed by atoms with Gasteiger partial charge in [0.2, 0.25) is 0 Å². The molecule has 0 aliphatic heterocycles. The van der Waals surface area contributed by atoms with Gasteiger partial charge in [-0.05, 0) is 35.3 Å². The molecule has 0 atom stereocenters. The molecule has 0 aliphatic carbocycles. The second-order valence-corrected chi connectivity index (χ2v) is 4.46. The molecule has 0 unspecified atom stereocenters. The molecule has 1 rings (SSSR count). The zero-order valence-corrected chi connectivity index (χ0v) is 10.3. The van der Waals surface area contributed by atoms with Crippen LogP contribution >= 0.6 is 15.9 Å². The molecule has 1 heterocycles. The van der Waals surface area contributed by atoms with Crippen LogP contribution in [0.5, 0.6) is 0 Å². The molecule has 14 heavy (non-hydrogen) atoms. The van der Waals surface area contributed by atoms with Crippen LogP contribution in [0.3, 0.4) is 0 Å². The summed E-state index contributed by atoms with van der Waals surface area (Å²) in [5, 5.41) is 0. The maximum absolute atomic E-state index is 11.7. The zero-order chi connectivity index (χ0) is 10.6. The monoisotopic (exact) mass is 257 g/mol. The number of rotatable bonds is 4. The Kier molecular flexibility index (Phi) is 4.39. The largest absolute Gasteiger partial charge is 0.314 e. The van der Waals surface area contributed by atoms with Gasteiger partial charge in [0.15, 0.2) is 0 Å². The second kappa shape index (κ2) is 5.35. The third-order valence-electron chi connectivity index (χ3n) is 2.23. The second-order valence-electron chi connectivity index (χ2n) is 3.55. The first-order valence-corrected chi connectivity index (χ1v) is 5.81. The van der Waals surface area contributed by atoms with E-state index in [1.165, 1.54) is 12.8 Å². The number of aromatic nitrogens is 1. The Morgan fingerprint density at radius 1 is 1.43 bits per heavy atom. The van der Waals surface area contributed by atoms with Crippen molar-refractivity contribution in [2.24, 2.45) is 0 Å². The summed E-state index contributed by atoms with van der Waals surface area (Å²) < 4.78 is 2.76. The number of hydrogen-bond acceptors (Lipinski definition) is 1. The minimum Gasteiger partial charge on any atom is -0.314 e. The zero-order valence-electron chi connectivity index (χ0n) is 8.72. The Labute approximate surface area is 93.1 Å². The molecule has 0 N–H and O–H groups in total. The molecule has 3 heteroatoms. The van der Waals surface area contributed by atoms with Gasteiger partial charge >= 0.3 is 0 Å². The van der Waals surface area contributed by atoms with Crippen molar-refractivity contribution in [3.8, 4) is 0 Å². The van der Waals surface area contributed by atoms with E-state index < -0.39 is 0 Å². The summed E-state index contributed by atoms with van der Waals surface area (Å²) in [6, 6.07) is 1.86. The number of unbranched alkanes of at least 4 members (excludes halogenated alkanes) is 2. The molecular formula is C11H16BrNO. The first-order valence-electron chi connectivity index (χ1n) is 5.01. The first kappa shape index (κ1) is 11.5. The molecule has 0 bridgehead atoms. The first-order chi connectivity index (χ1) is 6.65. The number of aryl methyl sites for hydroxylation is 2. The Bertz CT molecular complexity index is 357. The Morgan fingerprint density at radius 2 is 2.14 bits per heavy atom. The fourth-order valence-corrected chi connectivity index (χ4v) is 2.03. The maximum atomic E-state index is 11.7. The van der Waals surface area contributed by atoms with Gasteiger partial charge in [0.1, 0.15) is 0 Å². The minimum absolute atomic E-state index is 0.129. The van der Waals surface area contributed by atoms with Gasteiger partial charge in [-0.1, -0.05) is 19.8 Å². The van der Waals surface area contributed by atoms with Crippen LogP contribution in [0.4, 0.5) is 0 Å². The third kappa shape index (κ3) is 2.98. The highest BCUT2D eigenvalue weighted by Gasteiger charge is 2.00. The fourth-order valence-electron chi connectivity index (χ4n) is 1.44. The van der Waals surface area contributed by atoms with Crippen LogP contribution < -0.4 is 5.56 Å². The molecule has 0 saturated carbocycles. The topological polar surface area (TPSA) is 22.0 Å². The van der Waals surface area contributed by atoms with E-state index in [-0.39, 0.29) is 5.56 Å². The molecule has 2 nitrogen and oxygen atoms in total. The van der Waals surface area contributed by atoms with Crippen molar-refractivity contribution in [3.63, 3.8) is 0 Å². The summed E-state index contributed by atoms with van der Waals surface area (Å²) >= 11 is 3.40. The van der Waals surface area contributed by atoms with Gasteiger partial charge in [-0.25, -0.2) is 0 Å². The van der Waals surface area contributed by atoms with Crippen molar-refractivity contribution in [2.45, 2.75) is 39.7 Å². The third-order valence-corrected chi connectivity index (χ3v) is 2.67. The van der Waals surface area contributed by atoms with E-state index in [2.05, 4.69) is 22.9 Å². The molecule has 0 saturated heterocycles. The van der Waals surface area contributed by atoms with Crippen LogP contribution in [0.2, 0.25) is 0 Å². The van der Waals surface area contributed by atoms with Gasteiger partial charge in [-0.15, -0.1) is 0 Å². The fraction of sp³-hybridized carbons (Fsp3) is 0.545. The Morgan fingerprint density at radius 3 is 2.79 bits per heavy atom. The molecule has 0 amide bonds. The number of pyridine rings is 1. The number of nitrogens with zero attached hydrogens (tertiary/aromatic N) is 1. The van der Waals surface area contributed by atoms with Crippen LogP contribution in [-0.2, 0) is 6.54 Å². The molecule has 0 aromatic carbocycles. The summed E-state index contributed by atoms with van der Waals surface area (Å²) in [4.78, 5) is 11.7. The van der Waals surface area contributed by atoms with Crippen LogP contribution in [0.1, 0.15) is 31.7 Å². The van der Waals surface area contributed by atoms with Crippen molar-refractivity contribution < 1.29 is 0 Å². The lowest BCUT2D eigenvalue weighted by atomic mass is 10.2. The van der Waals surface area contributed by atoms with Crippen LogP contribution in [-0.4, -0.2) is 4.57 Å². The van der Waals surface area contributed by atoms with Gasteiger partial charge in [-0.2, -0.15) is 0 Å². The van der Waals surface area contributed by atoms with Crippen LogP contribution in [0, 0.1) is 6.92 Å². The van der Waals surface area contributed by atoms with Crippen molar-refractivity contribution in [1.82, 2.24) is 4.57 Å². The van der Waals surface area contributed by atoms with Gasteiger partial charge in [0, 0.05) is 22.8 Å².